The molecule has 0 unspecified atom stereocenters. The first-order chi connectivity index (χ1) is 7.81. The Bertz CT molecular complexity index is 185. The van der Waals surface area contributed by atoms with Gasteiger partial charge in [-0.25, -0.2) is 0 Å². The largest absolute Gasteiger partial charge is 0.466 e. The highest BCUT2D eigenvalue weighted by molar-refractivity contribution is 5.68. The molecule has 2 heteroatoms. The number of carbonyl (C=O) groups excluding carboxylic acids is 1. The Morgan fingerprint density at radius 2 is 1.69 bits per heavy atom. The van der Waals surface area contributed by atoms with Crippen molar-refractivity contribution in [1.82, 2.24) is 0 Å². The van der Waals surface area contributed by atoms with Crippen LogP contribution in [0.3, 0.4) is 0 Å². The van der Waals surface area contributed by atoms with Crippen molar-refractivity contribution in [1.29, 1.82) is 0 Å². The molecule has 0 bridgehead atoms. The highest BCUT2D eigenvalue weighted by atomic mass is 16.5. The van der Waals surface area contributed by atoms with E-state index in [0.29, 0.717) is 13.0 Å². The quantitative estimate of drug-likeness (QED) is 0.316. The zero-order chi connectivity index (χ0) is 12.1. The molecule has 0 heterocycles. The molecule has 0 aliphatic carbocycles. The number of unbranched alkanes of at least 4 members (excludes halogenated alkanes) is 5. The van der Waals surface area contributed by atoms with Gasteiger partial charge in [-0.15, -0.1) is 0 Å². The number of ether oxygens (including phenoxy) is 1. The van der Waals surface area contributed by atoms with E-state index in [4.69, 9.17) is 4.74 Å². The topological polar surface area (TPSA) is 26.3 Å². The maximum atomic E-state index is 10.8. The van der Waals surface area contributed by atoms with Crippen LogP contribution in [0, 0.1) is 0 Å². The van der Waals surface area contributed by atoms with Crippen LogP contribution in [0.2, 0.25) is 0 Å². The normalized spacial score (nSPS) is 10.9. The summed E-state index contributed by atoms with van der Waals surface area (Å²) in [5.41, 5.74) is 0. The molecule has 0 N–H and O–H groups in total. The Balaban J connectivity index is 3.09. The molecule has 0 amide bonds. The standard InChI is InChI=1S/C14H26O2/c1-3-5-6-7-8-9-10-11-12-13-16-14(15)4-2/h7-8H,3-6,9-13H2,1-2H3/b8-7+. The third-order valence-corrected chi connectivity index (χ3v) is 2.46. The summed E-state index contributed by atoms with van der Waals surface area (Å²) in [6, 6.07) is 0. The second-order valence-corrected chi connectivity index (χ2v) is 4.04. The van der Waals surface area contributed by atoms with Crippen LogP contribution in [0.1, 0.15) is 65.2 Å². The predicted molar refractivity (Wildman–Crippen MR) is 68.4 cm³/mol. The SMILES string of the molecule is CCCC/C=C/CCCCCOC(=O)CC. The summed E-state index contributed by atoms with van der Waals surface area (Å²) in [5, 5.41) is 0. The van der Waals surface area contributed by atoms with E-state index in [2.05, 4.69) is 19.1 Å². The molecule has 94 valence electrons. The average Bonchev–Trinajstić information content (AvgIpc) is 2.31. The Kier molecular flexibility index (Phi) is 11.7. The molecule has 0 aliphatic rings. The minimum Gasteiger partial charge on any atom is -0.466 e. The lowest BCUT2D eigenvalue weighted by atomic mass is 10.1. The monoisotopic (exact) mass is 226 g/mol. The van der Waals surface area contributed by atoms with Crippen LogP contribution < -0.4 is 0 Å². The molecule has 0 aliphatic heterocycles. The molecule has 0 spiro atoms. The molecular weight excluding hydrogens is 200 g/mol. The van der Waals surface area contributed by atoms with Crippen LogP contribution in [0.25, 0.3) is 0 Å². The Labute approximate surface area is 100 Å². The number of allylic oxidation sites excluding steroid dienone is 2. The van der Waals surface area contributed by atoms with Gasteiger partial charge < -0.3 is 4.74 Å². The van der Waals surface area contributed by atoms with Gasteiger partial charge in [-0.05, 0) is 32.1 Å². The predicted octanol–water partition coefficient (Wildman–Crippen LogP) is 4.25. The highest BCUT2D eigenvalue weighted by Crippen LogP contribution is 2.03. The number of rotatable bonds is 10. The van der Waals surface area contributed by atoms with Crippen molar-refractivity contribution in [3.05, 3.63) is 12.2 Å². The molecule has 0 fully saturated rings. The van der Waals surface area contributed by atoms with E-state index in [0.717, 1.165) is 19.3 Å². The molecule has 0 radical (unpaired) electrons. The van der Waals surface area contributed by atoms with Crippen LogP contribution in [0.5, 0.6) is 0 Å². The summed E-state index contributed by atoms with van der Waals surface area (Å²) < 4.78 is 4.99. The van der Waals surface area contributed by atoms with Gasteiger partial charge in [0, 0.05) is 6.42 Å². The van der Waals surface area contributed by atoms with Gasteiger partial charge in [-0.2, -0.15) is 0 Å². The lowest BCUT2D eigenvalue weighted by Gasteiger charge is -2.01. The van der Waals surface area contributed by atoms with Crippen molar-refractivity contribution in [3.63, 3.8) is 0 Å². The third-order valence-electron chi connectivity index (χ3n) is 2.46. The van der Waals surface area contributed by atoms with Gasteiger partial charge >= 0.3 is 5.97 Å². The maximum Gasteiger partial charge on any atom is 0.305 e. The van der Waals surface area contributed by atoms with Gasteiger partial charge in [0.1, 0.15) is 0 Å². The second kappa shape index (κ2) is 12.3. The molecule has 0 saturated heterocycles. The zero-order valence-corrected chi connectivity index (χ0v) is 10.8. The Hall–Kier alpha value is -0.790. The summed E-state index contributed by atoms with van der Waals surface area (Å²) in [5.74, 6) is -0.0838. The van der Waals surface area contributed by atoms with Crippen LogP contribution in [-0.4, -0.2) is 12.6 Å². The molecule has 0 aromatic rings. The molecule has 16 heavy (non-hydrogen) atoms. The van der Waals surface area contributed by atoms with Crippen LogP contribution in [-0.2, 0) is 9.53 Å². The average molecular weight is 226 g/mol. The minimum absolute atomic E-state index is 0.0838. The molecule has 0 rings (SSSR count). The summed E-state index contributed by atoms with van der Waals surface area (Å²) in [7, 11) is 0. The van der Waals surface area contributed by atoms with E-state index in [-0.39, 0.29) is 5.97 Å². The number of hydrogen-bond donors (Lipinski definition) is 0. The zero-order valence-electron chi connectivity index (χ0n) is 10.8. The van der Waals surface area contributed by atoms with Gasteiger partial charge in [0.2, 0.25) is 0 Å². The van der Waals surface area contributed by atoms with Crippen LogP contribution in [0.4, 0.5) is 0 Å². The summed E-state index contributed by atoms with van der Waals surface area (Å²) in [6.07, 6.45) is 13.3. The first-order valence-electron chi connectivity index (χ1n) is 6.61. The van der Waals surface area contributed by atoms with Crippen molar-refractivity contribution >= 4 is 5.97 Å². The van der Waals surface area contributed by atoms with E-state index in [1.807, 2.05) is 6.92 Å². The second-order valence-electron chi connectivity index (χ2n) is 4.04. The van der Waals surface area contributed by atoms with Gasteiger partial charge in [-0.3, -0.25) is 4.79 Å². The van der Waals surface area contributed by atoms with Crippen LogP contribution >= 0.6 is 0 Å². The van der Waals surface area contributed by atoms with E-state index in [1.54, 1.807) is 0 Å². The van der Waals surface area contributed by atoms with Gasteiger partial charge in [0.05, 0.1) is 6.61 Å². The van der Waals surface area contributed by atoms with E-state index < -0.39 is 0 Å². The Morgan fingerprint density at radius 3 is 2.31 bits per heavy atom. The summed E-state index contributed by atoms with van der Waals surface area (Å²) in [6.45, 7) is 4.63. The van der Waals surface area contributed by atoms with Crippen molar-refractivity contribution in [3.8, 4) is 0 Å². The molecule has 0 atom stereocenters. The number of hydrogen-bond acceptors (Lipinski definition) is 2. The van der Waals surface area contributed by atoms with Gasteiger partial charge in [-0.1, -0.05) is 38.8 Å². The lowest BCUT2D eigenvalue weighted by molar-refractivity contribution is -0.143. The summed E-state index contributed by atoms with van der Waals surface area (Å²) >= 11 is 0. The Morgan fingerprint density at radius 1 is 1.00 bits per heavy atom. The molecule has 2 nitrogen and oxygen atoms in total. The molecule has 0 saturated carbocycles. The van der Waals surface area contributed by atoms with Gasteiger partial charge in [0.15, 0.2) is 0 Å². The van der Waals surface area contributed by atoms with Crippen molar-refractivity contribution in [2.75, 3.05) is 6.61 Å². The number of esters is 1. The van der Waals surface area contributed by atoms with E-state index in [9.17, 15) is 4.79 Å². The molecule has 0 aromatic heterocycles. The van der Waals surface area contributed by atoms with Gasteiger partial charge in [0.25, 0.3) is 0 Å². The highest BCUT2D eigenvalue weighted by Gasteiger charge is 1.96. The van der Waals surface area contributed by atoms with Crippen molar-refractivity contribution in [2.45, 2.75) is 65.2 Å². The lowest BCUT2D eigenvalue weighted by Crippen LogP contribution is -2.03. The van der Waals surface area contributed by atoms with Crippen molar-refractivity contribution < 1.29 is 9.53 Å². The maximum absolute atomic E-state index is 10.8. The fraction of sp³-hybridized carbons (Fsp3) is 0.786. The fourth-order valence-corrected chi connectivity index (χ4v) is 1.39. The molecule has 0 aromatic carbocycles. The third kappa shape index (κ3) is 11.3. The van der Waals surface area contributed by atoms with Crippen LogP contribution in [0.15, 0.2) is 12.2 Å². The fourth-order valence-electron chi connectivity index (χ4n) is 1.39. The van der Waals surface area contributed by atoms with E-state index in [1.165, 1.54) is 25.7 Å². The molecular formula is C14H26O2. The smallest absolute Gasteiger partial charge is 0.305 e. The first kappa shape index (κ1) is 15.2. The van der Waals surface area contributed by atoms with Crippen molar-refractivity contribution in [2.24, 2.45) is 0 Å². The first-order valence-corrected chi connectivity index (χ1v) is 6.61. The van der Waals surface area contributed by atoms with E-state index >= 15 is 0 Å². The minimum atomic E-state index is -0.0838. The summed E-state index contributed by atoms with van der Waals surface area (Å²) in [4.78, 5) is 10.8. The number of carbonyl (C=O) groups is 1.